The molecule has 0 N–H and O–H groups in total. The van der Waals surface area contributed by atoms with Crippen LogP contribution in [0, 0.1) is 5.92 Å². The van der Waals surface area contributed by atoms with Gasteiger partial charge in [-0.1, -0.05) is 5.16 Å². The van der Waals surface area contributed by atoms with Crippen molar-refractivity contribution in [3.63, 3.8) is 0 Å². The molecule has 0 atom stereocenters. The van der Waals surface area contributed by atoms with Crippen molar-refractivity contribution < 1.29 is 9.57 Å². The van der Waals surface area contributed by atoms with Crippen LogP contribution in [0.5, 0.6) is 0 Å². The molecule has 1 aliphatic carbocycles. The van der Waals surface area contributed by atoms with Crippen molar-refractivity contribution in [1.82, 2.24) is 0 Å². The third-order valence-electron chi connectivity index (χ3n) is 1.35. The summed E-state index contributed by atoms with van der Waals surface area (Å²) in [5.74, 6) is 0.697. The molecule has 0 unspecified atom stereocenters. The number of ether oxygens (including phenoxy) is 1. The van der Waals surface area contributed by atoms with Gasteiger partial charge in [0.2, 0.25) is 0 Å². The zero-order valence-corrected chi connectivity index (χ0v) is 6.25. The van der Waals surface area contributed by atoms with Gasteiger partial charge in [-0.15, -0.1) is 0 Å². The van der Waals surface area contributed by atoms with Crippen molar-refractivity contribution in [1.29, 1.82) is 0 Å². The summed E-state index contributed by atoms with van der Waals surface area (Å²) in [5.41, 5.74) is 0. The summed E-state index contributed by atoms with van der Waals surface area (Å²) in [7, 11) is 1.65. The van der Waals surface area contributed by atoms with E-state index in [1.54, 1.807) is 7.11 Å². The molecule has 0 aromatic carbocycles. The van der Waals surface area contributed by atoms with Crippen LogP contribution in [0.2, 0.25) is 0 Å². The topological polar surface area (TPSA) is 30.8 Å². The Labute approximate surface area is 61.0 Å². The van der Waals surface area contributed by atoms with Crippen molar-refractivity contribution in [3.8, 4) is 0 Å². The first kappa shape index (κ1) is 7.54. The Balaban J connectivity index is 1.83. The molecule has 0 aliphatic heterocycles. The smallest absolute Gasteiger partial charge is 0.140 e. The second-order valence-electron chi connectivity index (χ2n) is 2.42. The first-order valence-electron chi connectivity index (χ1n) is 3.58. The Kier molecular flexibility index (Phi) is 3.22. The highest BCUT2D eigenvalue weighted by molar-refractivity contribution is 5.62. The molecule has 0 aromatic heterocycles. The fourth-order valence-corrected chi connectivity index (χ4v) is 0.548. The molecule has 0 aromatic rings. The lowest BCUT2D eigenvalue weighted by molar-refractivity contribution is 0.0755. The number of rotatable bonds is 5. The zero-order chi connectivity index (χ0) is 7.23. The van der Waals surface area contributed by atoms with E-state index in [0.29, 0.717) is 19.1 Å². The summed E-state index contributed by atoms with van der Waals surface area (Å²) in [6.45, 7) is 1.17. The van der Waals surface area contributed by atoms with Crippen molar-refractivity contribution in [2.45, 2.75) is 12.8 Å². The van der Waals surface area contributed by atoms with Gasteiger partial charge in [-0.05, 0) is 18.8 Å². The Morgan fingerprint density at radius 2 is 2.30 bits per heavy atom. The Morgan fingerprint density at radius 3 is 2.90 bits per heavy atom. The minimum absolute atomic E-state index is 0.555. The molecule has 0 amide bonds. The van der Waals surface area contributed by atoms with Gasteiger partial charge in [0.05, 0.1) is 6.61 Å². The first-order chi connectivity index (χ1) is 4.93. The minimum atomic E-state index is 0.555. The van der Waals surface area contributed by atoms with Gasteiger partial charge in [-0.3, -0.25) is 0 Å². The average molecular weight is 143 g/mol. The van der Waals surface area contributed by atoms with Gasteiger partial charge in [0.1, 0.15) is 6.61 Å². The van der Waals surface area contributed by atoms with E-state index in [2.05, 4.69) is 5.16 Å². The number of nitrogens with zero attached hydrogens (tertiary/aromatic N) is 1. The highest BCUT2D eigenvalue weighted by atomic mass is 16.6. The lowest BCUT2D eigenvalue weighted by Gasteiger charge is -1.95. The second kappa shape index (κ2) is 4.28. The van der Waals surface area contributed by atoms with Crippen LogP contribution in [0.1, 0.15) is 12.8 Å². The van der Waals surface area contributed by atoms with Gasteiger partial charge in [0.25, 0.3) is 0 Å². The summed E-state index contributed by atoms with van der Waals surface area (Å²) >= 11 is 0. The molecular weight excluding hydrogens is 130 g/mol. The SMILES string of the molecule is COCCO/N=C/C1CC1. The molecule has 1 rings (SSSR count). The maximum Gasteiger partial charge on any atom is 0.140 e. The minimum Gasteiger partial charge on any atom is -0.394 e. The van der Waals surface area contributed by atoms with Crippen LogP contribution in [-0.2, 0) is 9.57 Å². The largest absolute Gasteiger partial charge is 0.394 e. The fraction of sp³-hybridized carbons (Fsp3) is 0.857. The Bertz CT molecular complexity index is 110. The number of hydrogen-bond acceptors (Lipinski definition) is 3. The summed E-state index contributed by atoms with van der Waals surface area (Å²) in [5, 5.41) is 3.77. The van der Waals surface area contributed by atoms with Crippen LogP contribution in [0.25, 0.3) is 0 Å². The first-order valence-corrected chi connectivity index (χ1v) is 3.58. The third kappa shape index (κ3) is 3.45. The lowest BCUT2D eigenvalue weighted by Crippen LogP contribution is -1.97. The number of methoxy groups -OCH3 is 1. The summed E-state index contributed by atoms with van der Waals surface area (Å²) in [4.78, 5) is 4.87. The molecule has 1 saturated carbocycles. The van der Waals surface area contributed by atoms with Crippen LogP contribution in [0.4, 0.5) is 0 Å². The molecule has 0 bridgehead atoms. The van der Waals surface area contributed by atoms with Gasteiger partial charge in [0, 0.05) is 13.3 Å². The average Bonchev–Trinajstić information content (AvgIpc) is 2.71. The number of hydrogen-bond donors (Lipinski definition) is 0. The summed E-state index contributed by atoms with van der Waals surface area (Å²) < 4.78 is 4.77. The van der Waals surface area contributed by atoms with Gasteiger partial charge in [-0.25, -0.2) is 0 Å². The van der Waals surface area contributed by atoms with E-state index in [1.165, 1.54) is 12.8 Å². The molecule has 0 spiro atoms. The molecule has 0 heterocycles. The Hall–Kier alpha value is -0.570. The van der Waals surface area contributed by atoms with Crippen LogP contribution >= 0.6 is 0 Å². The maximum atomic E-state index is 4.87. The van der Waals surface area contributed by atoms with Crippen LogP contribution in [-0.4, -0.2) is 26.5 Å². The lowest BCUT2D eigenvalue weighted by atomic mass is 10.5. The number of oxime groups is 1. The van der Waals surface area contributed by atoms with E-state index in [4.69, 9.17) is 9.57 Å². The molecular formula is C7H13NO2. The van der Waals surface area contributed by atoms with Gasteiger partial charge in [0.15, 0.2) is 0 Å². The standard InChI is InChI=1S/C7H13NO2/c1-9-4-5-10-8-6-7-2-3-7/h6-7H,2-5H2,1H3/b8-6+. The molecule has 3 nitrogen and oxygen atoms in total. The van der Waals surface area contributed by atoms with E-state index >= 15 is 0 Å². The molecule has 10 heavy (non-hydrogen) atoms. The van der Waals surface area contributed by atoms with Gasteiger partial charge >= 0.3 is 0 Å². The predicted molar refractivity (Wildman–Crippen MR) is 39.0 cm³/mol. The third-order valence-corrected chi connectivity index (χ3v) is 1.35. The zero-order valence-electron chi connectivity index (χ0n) is 6.25. The van der Waals surface area contributed by atoms with Crippen LogP contribution in [0.15, 0.2) is 5.16 Å². The second-order valence-corrected chi connectivity index (χ2v) is 2.42. The molecule has 1 aliphatic rings. The molecule has 0 saturated heterocycles. The van der Waals surface area contributed by atoms with E-state index < -0.39 is 0 Å². The van der Waals surface area contributed by atoms with Crippen LogP contribution < -0.4 is 0 Å². The maximum absolute atomic E-state index is 4.87. The van der Waals surface area contributed by atoms with Crippen molar-refractivity contribution in [2.75, 3.05) is 20.3 Å². The van der Waals surface area contributed by atoms with Gasteiger partial charge in [-0.2, -0.15) is 0 Å². The highest BCUT2D eigenvalue weighted by Gasteiger charge is 2.18. The summed E-state index contributed by atoms with van der Waals surface area (Å²) in [6.07, 6.45) is 4.42. The molecule has 1 fully saturated rings. The summed E-state index contributed by atoms with van der Waals surface area (Å²) in [6, 6.07) is 0. The van der Waals surface area contributed by atoms with E-state index in [1.807, 2.05) is 6.21 Å². The monoisotopic (exact) mass is 143 g/mol. The predicted octanol–water partition coefficient (Wildman–Crippen LogP) is 1.05. The van der Waals surface area contributed by atoms with Crippen molar-refractivity contribution >= 4 is 6.21 Å². The van der Waals surface area contributed by atoms with Gasteiger partial charge < -0.3 is 9.57 Å². The van der Waals surface area contributed by atoms with Crippen LogP contribution in [0.3, 0.4) is 0 Å². The molecule has 3 heteroatoms. The molecule has 58 valence electrons. The normalized spacial score (nSPS) is 18.1. The fourth-order valence-electron chi connectivity index (χ4n) is 0.548. The quantitative estimate of drug-likeness (QED) is 0.327. The Morgan fingerprint density at radius 1 is 1.50 bits per heavy atom. The van der Waals surface area contributed by atoms with E-state index in [0.717, 1.165) is 0 Å². The van der Waals surface area contributed by atoms with E-state index in [9.17, 15) is 0 Å². The molecule has 0 radical (unpaired) electrons. The van der Waals surface area contributed by atoms with Crippen molar-refractivity contribution in [3.05, 3.63) is 0 Å². The van der Waals surface area contributed by atoms with E-state index in [-0.39, 0.29) is 0 Å². The highest BCUT2D eigenvalue weighted by Crippen LogP contribution is 2.26. The van der Waals surface area contributed by atoms with Crippen molar-refractivity contribution in [2.24, 2.45) is 11.1 Å².